The number of benzene rings is 1. The third-order valence-electron chi connectivity index (χ3n) is 4.43. The summed E-state index contributed by atoms with van der Waals surface area (Å²) in [5, 5.41) is 2.91. The summed E-state index contributed by atoms with van der Waals surface area (Å²) in [5.41, 5.74) is 2.00. The van der Waals surface area contributed by atoms with E-state index in [1.54, 1.807) is 35.6 Å². The van der Waals surface area contributed by atoms with Gasteiger partial charge in [0.25, 0.3) is 11.8 Å². The van der Waals surface area contributed by atoms with Gasteiger partial charge in [0, 0.05) is 42.9 Å². The summed E-state index contributed by atoms with van der Waals surface area (Å²) in [6, 6.07) is 5.39. The second-order valence-corrected chi connectivity index (χ2v) is 7.06. The molecule has 0 radical (unpaired) electrons. The average Bonchev–Trinajstić information content (AvgIpc) is 3.26. The summed E-state index contributed by atoms with van der Waals surface area (Å²) in [6.45, 7) is 4.14. The molecule has 0 unspecified atom stereocenters. The van der Waals surface area contributed by atoms with Gasteiger partial charge in [0.15, 0.2) is 4.96 Å². The number of amides is 2. The highest BCUT2D eigenvalue weighted by atomic mass is 32.1. The molecule has 2 amide bonds. The molecule has 1 fully saturated rings. The van der Waals surface area contributed by atoms with Crippen molar-refractivity contribution >= 4 is 33.8 Å². The van der Waals surface area contributed by atoms with E-state index in [9.17, 15) is 9.59 Å². The minimum Gasteiger partial charge on any atom is -0.378 e. The van der Waals surface area contributed by atoms with Crippen LogP contribution in [0.2, 0.25) is 0 Å². The van der Waals surface area contributed by atoms with Crippen LogP contribution in [-0.4, -0.2) is 52.4 Å². The number of anilines is 1. The molecule has 0 aliphatic carbocycles. The Hall–Kier alpha value is -2.71. The quantitative estimate of drug-likeness (QED) is 0.768. The highest BCUT2D eigenvalue weighted by Crippen LogP contribution is 2.23. The smallest absolute Gasteiger partial charge is 0.267 e. The zero-order valence-corrected chi connectivity index (χ0v) is 15.1. The van der Waals surface area contributed by atoms with Crippen LogP contribution in [0.4, 0.5) is 5.69 Å². The number of carbonyl (C=O) groups is 2. The van der Waals surface area contributed by atoms with Crippen molar-refractivity contribution in [2.24, 2.45) is 0 Å². The van der Waals surface area contributed by atoms with Crippen molar-refractivity contribution in [1.29, 1.82) is 0 Å². The molecule has 0 saturated carbocycles. The number of nitrogens with one attached hydrogen (secondary N) is 1. The summed E-state index contributed by atoms with van der Waals surface area (Å²) >= 11 is 1.32. The van der Waals surface area contributed by atoms with Gasteiger partial charge in [-0.25, -0.2) is 4.98 Å². The summed E-state index contributed by atoms with van der Waals surface area (Å²) in [4.78, 5) is 32.6. The van der Waals surface area contributed by atoms with Crippen LogP contribution in [-0.2, 0) is 4.74 Å². The Labute approximate surface area is 154 Å². The van der Waals surface area contributed by atoms with E-state index in [1.807, 2.05) is 17.4 Å². The lowest BCUT2D eigenvalue weighted by atomic mass is 10.0. The van der Waals surface area contributed by atoms with Crippen molar-refractivity contribution in [2.75, 3.05) is 31.6 Å². The number of ether oxygens (including phenoxy) is 1. The topological polar surface area (TPSA) is 75.9 Å². The number of morpholine rings is 1. The Balaban J connectivity index is 1.56. The molecule has 1 aliphatic heterocycles. The highest BCUT2D eigenvalue weighted by Gasteiger charge is 2.21. The van der Waals surface area contributed by atoms with Gasteiger partial charge in [0.1, 0.15) is 4.88 Å². The van der Waals surface area contributed by atoms with E-state index in [4.69, 9.17) is 4.74 Å². The van der Waals surface area contributed by atoms with Crippen LogP contribution in [0.5, 0.6) is 0 Å². The molecule has 0 atom stereocenters. The van der Waals surface area contributed by atoms with Gasteiger partial charge in [-0.3, -0.25) is 14.0 Å². The number of imidazole rings is 1. The lowest BCUT2D eigenvalue weighted by Gasteiger charge is -2.27. The first-order valence-electron chi connectivity index (χ1n) is 8.34. The third-order valence-corrected chi connectivity index (χ3v) is 5.43. The largest absolute Gasteiger partial charge is 0.378 e. The monoisotopic (exact) mass is 370 g/mol. The van der Waals surface area contributed by atoms with E-state index in [-0.39, 0.29) is 11.8 Å². The van der Waals surface area contributed by atoms with E-state index < -0.39 is 0 Å². The Morgan fingerprint density at radius 3 is 2.85 bits per heavy atom. The first-order valence-corrected chi connectivity index (χ1v) is 9.15. The predicted octanol–water partition coefficient (Wildman–Crippen LogP) is 2.43. The highest BCUT2D eigenvalue weighted by molar-refractivity contribution is 7.18. The van der Waals surface area contributed by atoms with Crippen molar-refractivity contribution in [3.05, 3.63) is 52.8 Å². The van der Waals surface area contributed by atoms with Crippen molar-refractivity contribution in [2.45, 2.75) is 6.92 Å². The number of aromatic nitrogens is 2. The molecular weight excluding hydrogens is 352 g/mol. The number of carbonyl (C=O) groups excluding carboxylic acids is 2. The maximum Gasteiger partial charge on any atom is 0.267 e. The standard InChI is InChI=1S/C18H18N4O3S/c1-12-13(17(24)21-7-9-25-10-8-21)3-2-4-14(12)20-16(23)15-11-22-6-5-19-18(22)26-15/h2-6,11H,7-10H2,1H3,(H,20,23). The predicted molar refractivity (Wildman–Crippen MR) is 98.9 cm³/mol. The summed E-state index contributed by atoms with van der Waals surface area (Å²) < 4.78 is 7.11. The van der Waals surface area contributed by atoms with Crippen LogP contribution in [0.25, 0.3) is 4.96 Å². The number of thiazole rings is 1. The van der Waals surface area contributed by atoms with Crippen molar-refractivity contribution in [3.63, 3.8) is 0 Å². The fourth-order valence-corrected chi connectivity index (χ4v) is 3.80. The van der Waals surface area contributed by atoms with E-state index in [1.165, 1.54) is 11.3 Å². The van der Waals surface area contributed by atoms with Crippen LogP contribution in [0.3, 0.4) is 0 Å². The number of rotatable bonds is 3. The van der Waals surface area contributed by atoms with Gasteiger partial charge in [-0.05, 0) is 24.6 Å². The summed E-state index contributed by atoms with van der Waals surface area (Å²) in [6.07, 6.45) is 5.24. The van der Waals surface area contributed by atoms with Crippen LogP contribution in [0.15, 0.2) is 36.8 Å². The molecule has 26 heavy (non-hydrogen) atoms. The van der Waals surface area contributed by atoms with Crippen molar-refractivity contribution < 1.29 is 14.3 Å². The molecule has 1 saturated heterocycles. The molecule has 0 bridgehead atoms. The Morgan fingerprint density at radius 1 is 1.27 bits per heavy atom. The molecule has 8 heteroatoms. The summed E-state index contributed by atoms with van der Waals surface area (Å²) in [5.74, 6) is -0.240. The number of hydrogen-bond donors (Lipinski definition) is 1. The molecule has 0 spiro atoms. The average molecular weight is 370 g/mol. The van der Waals surface area contributed by atoms with Gasteiger partial charge in [0.05, 0.1) is 13.2 Å². The molecule has 3 heterocycles. The van der Waals surface area contributed by atoms with Gasteiger partial charge in [-0.15, -0.1) is 0 Å². The van der Waals surface area contributed by atoms with E-state index >= 15 is 0 Å². The fourth-order valence-electron chi connectivity index (χ4n) is 2.96. The molecule has 1 N–H and O–H groups in total. The molecule has 4 rings (SSSR count). The minimum atomic E-state index is -0.209. The zero-order chi connectivity index (χ0) is 18.1. The first kappa shape index (κ1) is 16.7. The first-order chi connectivity index (χ1) is 12.6. The maximum absolute atomic E-state index is 12.8. The Morgan fingerprint density at radius 2 is 2.08 bits per heavy atom. The van der Waals surface area contributed by atoms with Gasteiger partial charge in [-0.2, -0.15) is 0 Å². The fraction of sp³-hybridized carbons (Fsp3) is 0.278. The minimum absolute atomic E-state index is 0.0310. The second kappa shape index (κ2) is 6.89. The molecular formula is C18H18N4O3S. The van der Waals surface area contributed by atoms with Crippen LogP contribution >= 0.6 is 11.3 Å². The van der Waals surface area contributed by atoms with Gasteiger partial charge >= 0.3 is 0 Å². The van der Waals surface area contributed by atoms with Crippen LogP contribution in [0.1, 0.15) is 25.6 Å². The zero-order valence-electron chi connectivity index (χ0n) is 14.3. The van der Waals surface area contributed by atoms with E-state index in [0.717, 1.165) is 10.5 Å². The Kier molecular flexibility index (Phi) is 4.44. The van der Waals surface area contributed by atoms with Gasteiger partial charge < -0.3 is 15.0 Å². The van der Waals surface area contributed by atoms with Crippen molar-refractivity contribution in [3.8, 4) is 0 Å². The molecule has 134 valence electrons. The lowest BCUT2D eigenvalue weighted by molar-refractivity contribution is 0.0302. The normalized spacial score (nSPS) is 14.6. The number of nitrogens with zero attached hydrogens (tertiary/aromatic N) is 3. The van der Waals surface area contributed by atoms with Gasteiger partial charge in [-0.1, -0.05) is 17.4 Å². The van der Waals surface area contributed by atoms with Crippen LogP contribution in [0, 0.1) is 6.92 Å². The van der Waals surface area contributed by atoms with E-state index in [0.29, 0.717) is 42.4 Å². The van der Waals surface area contributed by atoms with Gasteiger partial charge in [0.2, 0.25) is 0 Å². The second-order valence-electron chi connectivity index (χ2n) is 6.05. The number of hydrogen-bond acceptors (Lipinski definition) is 5. The number of fused-ring (bicyclic) bond motifs is 1. The third kappa shape index (κ3) is 3.09. The van der Waals surface area contributed by atoms with E-state index in [2.05, 4.69) is 10.3 Å². The molecule has 1 aromatic carbocycles. The maximum atomic E-state index is 12.8. The molecule has 1 aliphatic rings. The summed E-state index contributed by atoms with van der Waals surface area (Å²) in [7, 11) is 0. The SMILES string of the molecule is Cc1c(NC(=O)c2cn3ccnc3s2)cccc1C(=O)N1CCOCC1. The van der Waals surface area contributed by atoms with Crippen LogP contribution < -0.4 is 5.32 Å². The Bertz CT molecular complexity index is 943. The molecule has 2 aromatic heterocycles. The van der Waals surface area contributed by atoms with Crippen molar-refractivity contribution in [1.82, 2.24) is 14.3 Å². The molecule has 3 aromatic rings. The molecule has 7 nitrogen and oxygen atoms in total. The lowest BCUT2D eigenvalue weighted by Crippen LogP contribution is -2.41.